The second kappa shape index (κ2) is 32.0. The smallest absolute Gasteiger partial charge is 0 e. The third-order valence-electron chi connectivity index (χ3n) is 0. The van der Waals surface area contributed by atoms with Crippen molar-refractivity contribution in [2.45, 2.75) is 0 Å². The van der Waals surface area contributed by atoms with Gasteiger partial charge in [-0.15, -0.1) is 0 Å². The van der Waals surface area contributed by atoms with E-state index in [1.54, 1.807) is 15.9 Å². The zero-order valence-electron chi connectivity index (χ0n) is 1.81. The van der Waals surface area contributed by atoms with E-state index in [1.165, 1.54) is 0 Å². The summed E-state index contributed by atoms with van der Waals surface area (Å²) in [4.78, 5) is 0. The Kier molecular flexibility index (Phi) is 167. The van der Waals surface area contributed by atoms with Crippen molar-refractivity contribution in [3.05, 3.63) is 0 Å². The van der Waals surface area contributed by atoms with Gasteiger partial charge < -0.3 is 0 Å². The van der Waals surface area contributed by atoms with Crippen LogP contribution in [0.1, 0.15) is 0 Å². The summed E-state index contributed by atoms with van der Waals surface area (Å²) in [5, 5.41) is 0. The summed E-state index contributed by atoms with van der Waals surface area (Å²) in [7, 11) is 0. The third-order valence-corrected chi connectivity index (χ3v) is 0. The van der Waals surface area contributed by atoms with Crippen molar-refractivity contribution in [3.63, 3.8) is 0 Å². The molecule has 0 aromatic rings. The molecule has 27 valence electrons. The summed E-state index contributed by atoms with van der Waals surface area (Å²) in [5.41, 5.74) is 0. The van der Waals surface area contributed by atoms with Crippen LogP contribution in [0, 0.1) is 0 Å². The number of hydrogen-bond acceptors (Lipinski definition) is 1. The molecule has 0 saturated carbocycles. The molecule has 0 aliphatic rings. The van der Waals surface area contributed by atoms with E-state index in [4.69, 9.17) is 3.83 Å². The zero-order valence-corrected chi connectivity index (χ0v) is 6.94. The van der Waals surface area contributed by atoms with Gasteiger partial charge in [-0.2, -0.15) is 0 Å². The normalized spacial score (nSPS) is 0.800. The molecule has 0 fully saturated rings. The van der Waals surface area contributed by atoms with Crippen LogP contribution in [-0.4, -0.2) is 29.6 Å². The van der Waals surface area contributed by atoms with Crippen molar-refractivity contribution in [2.75, 3.05) is 0 Å². The molecule has 0 aromatic heterocycles. The van der Waals surface area contributed by atoms with Gasteiger partial charge in [0.1, 0.15) is 0 Å². The molecule has 0 bridgehead atoms. The second-order valence-electron chi connectivity index (χ2n) is 0. The molecule has 0 spiro atoms. The number of hydrogen-bond donors (Lipinski definition) is 0. The molecule has 5 heteroatoms. The van der Waals surface area contributed by atoms with Crippen molar-refractivity contribution in [3.8, 4) is 0 Å². The van der Waals surface area contributed by atoms with Gasteiger partial charge in [-0.1, -0.05) is 0 Å². The molecule has 5 heavy (non-hydrogen) atoms. The Balaban J connectivity index is -0.00000000167. The van der Waals surface area contributed by atoms with E-state index in [2.05, 4.69) is 0 Å². The van der Waals surface area contributed by atoms with Gasteiger partial charge in [-0.3, -0.25) is 0 Å². The van der Waals surface area contributed by atoms with E-state index in [1.807, 2.05) is 0 Å². The van der Waals surface area contributed by atoms with E-state index >= 15 is 0 Å². The molecule has 0 unspecified atom stereocenters. The van der Waals surface area contributed by atoms with Gasteiger partial charge in [0.2, 0.25) is 0 Å². The maximum absolute atomic E-state index is 8.06. The maximum Gasteiger partial charge on any atom is 0 e. The molecule has 0 N–H and O–H groups in total. The first-order valence-corrected chi connectivity index (χ1v) is 0.636. The van der Waals surface area contributed by atoms with Crippen molar-refractivity contribution >= 4 is 29.6 Å². The number of rotatable bonds is 0. The minimum atomic E-state index is 0. The average molecular weight is 219 g/mol. The van der Waals surface area contributed by atoms with Gasteiger partial charge in [0.15, 0.2) is 0 Å². The van der Waals surface area contributed by atoms with Crippen LogP contribution in [0.25, 0.3) is 0 Å². The molecular weight excluding hydrogens is 218 g/mol. The van der Waals surface area contributed by atoms with E-state index < -0.39 is 0 Å². The van der Waals surface area contributed by atoms with Crippen LogP contribution in [0.5, 0.6) is 0 Å². The van der Waals surface area contributed by atoms with E-state index in [-0.39, 0.29) is 65.5 Å². The standard InChI is InChI=1S/Mn.Na.Ni.O.Zn.H. The van der Waals surface area contributed by atoms with E-state index in [0.717, 1.165) is 0 Å². The van der Waals surface area contributed by atoms with Crippen molar-refractivity contribution in [1.29, 1.82) is 0 Å². The Hall–Kier alpha value is 2.44. The summed E-state index contributed by atoms with van der Waals surface area (Å²) in [6.45, 7) is 0. The van der Waals surface area contributed by atoms with Crippen LogP contribution in [0.4, 0.5) is 0 Å². The summed E-state index contributed by atoms with van der Waals surface area (Å²) < 4.78 is 8.06. The summed E-state index contributed by atoms with van der Waals surface area (Å²) in [6, 6.07) is 0. The predicted molar refractivity (Wildman–Crippen MR) is 7.84 cm³/mol. The minimum absolute atomic E-state index is 0. The van der Waals surface area contributed by atoms with E-state index in [0.29, 0.717) is 0 Å². The van der Waals surface area contributed by atoms with Crippen LogP contribution in [0.15, 0.2) is 0 Å². The molecule has 0 rings (SSSR count). The fourth-order valence-corrected chi connectivity index (χ4v) is 0. The first-order valence-electron chi connectivity index (χ1n) is 0.154. The molecule has 0 aliphatic heterocycles. The SMILES string of the molecule is [NaH].[Ni].[O]=[Mn].[Zn]. The molecular formula is HMnNaNiOZn. The Morgan fingerprint density at radius 2 is 1.20 bits per heavy atom. The van der Waals surface area contributed by atoms with Gasteiger partial charge in [-0.25, -0.2) is 0 Å². The van der Waals surface area contributed by atoms with Gasteiger partial charge in [0, 0.05) is 36.0 Å². The average Bonchev–Trinajstić information content (AvgIpc) is 1.00. The Labute approximate surface area is 84.0 Å². The summed E-state index contributed by atoms with van der Waals surface area (Å²) in [6.07, 6.45) is 0. The van der Waals surface area contributed by atoms with Crippen LogP contribution in [0.3, 0.4) is 0 Å². The summed E-state index contributed by atoms with van der Waals surface area (Å²) >= 11 is 1.69. The molecule has 0 aliphatic carbocycles. The first-order chi connectivity index (χ1) is 1.00. The topological polar surface area (TPSA) is 17.1 Å². The molecule has 0 amide bonds. The molecule has 0 saturated heterocycles. The van der Waals surface area contributed by atoms with Crippen molar-refractivity contribution in [2.24, 2.45) is 0 Å². The predicted octanol–water partition coefficient (Wildman–Crippen LogP) is -0.775. The summed E-state index contributed by atoms with van der Waals surface area (Å²) in [5.74, 6) is 0. The van der Waals surface area contributed by atoms with Gasteiger partial charge in [0.25, 0.3) is 0 Å². The molecule has 0 heterocycles. The fourth-order valence-electron chi connectivity index (χ4n) is 0. The Morgan fingerprint density at radius 3 is 1.20 bits per heavy atom. The van der Waals surface area contributed by atoms with Gasteiger partial charge in [-0.05, 0) is 0 Å². The van der Waals surface area contributed by atoms with E-state index in [9.17, 15) is 0 Å². The second-order valence-corrected chi connectivity index (χ2v) is 0. The maximum atomic E-state index is 8.06. The molecule has 0 aromatic carbocycles. The first kappa shape index (κ1) is 26.1. The van der Waals surface area contributed by atoms with Gasteiger partial charge in [0.05, 0.1) is 0 Å². The molecule has 0 radical (unpaired) electrons. The largest absolute Gasteiger partial charge is 0 e. The Bertz CT molecular complexity index is 11.6. The Morgan fingerprint density at radius 1 is 1.20 bits per heavy atom. The van der Waals surface area contributed by atoms with Gasteiger partial charge >= 0.3 is 49.3 Å². The van der Waals surface area contributed by atoms with Crippen LogP contribution in [-0.2, 0) is 55.7 Å². The van der Waals surface area contributed by atoms with Crippen molar-refractivity contribution in [1.82, 2.24) is 0 Å². The quantitative estimate of drug-likeness (QED) is 0.489. The monoisotopic (exact) mass is 217 g/mol. The van der Waals surface area contributed by atoms with Crippen LogP contribution >= 0.6 is 0 Å². The fraction of sp³-hybridized carbons (Fsp3) is 0. The van der Waals surface area contributed by atoms with Crippen LogP contribution < -0.4 is 0 Å². The third kappa shape index (κ3) is 21.3. The zero-order chi connectivity index (χ0) is 2.00. The molecule has 1 nitrogen and oxygen atoms in total. The van der Waals surface area contributed by atoms with Crippen LogP contribution in [0.2, 0.25) is 0 Å². The minimum Gasteiger partial charge on any atom is 0 e. The molecule has 0 atom stereocenters. The van der Waals surface area contributed by atoms with Crippen molar-refractivity contribution < 1.29 is 55.7 Å².